The molecule has 1 fully saturated rings. The molecule has 2 aromatic rings. The van der Waals surface area contributed by atoms with Crippen molar-refractivity contribution in [2.45, 2.75) is 31.8 Å². The molecular formula is C23H34FIN4O3. The van der Waals surface area contributed by atoms with Crippen LogP contribution in [0.1, 0.15) is 24.2 Å². The third-order valence-electron chi connectivity index (χ3n) is 5.36. The van der Waals surface area contributed by atoms with Crippen molar-refractivity contribution < 1.29 is 18.3 Å². The second kappa shape index (κ2) is 14.3. The van der Waals surface area contributed by atoms with E-state index in [0.717, 1.165) is 62.7 Å². The molecule has 1 aliphatic heterocycles. The molecule has 0 spiro atoms. The van der Waals surface area contributed by atoms with Gasteiger partial charge >= 0.3 is 0 Å². The van der Waals surface area contributed by atoms with Crippen LogP contribution in [0.25, 0.3) is 0 Å². The Bertz CT molecular complexity index is 812. The van der Waals surface area contributed by atoms with Gasteiger partial charge in [-0.15, -0.1) is 24.0 Å². The number of piperidine rings is 1. The van der Waals surface area contributed by atoms with Gasteiger partial charge in [-0.1, -0.05) is 6.07 Å². The first-order valence-electron chi connectivity index (χ1n) is 10.8. The van der Waals surface area contributed by atoms with Crippen molar-refractivity contribution >= 4 is 29.9 Å². The second-order valence-electron chi connectivity index (χ2n) is 7.64. The highest BCUT2D eigenvalue weighted by atomic mass is 127. The maximum absolute atomic E-state index is 13.9. The molecule has 1 aliphatic rings. The van der Waals surface area contributed by atoms with Gasteiger partial charge in [-0.05, 0) is 42.7 Å². The lowest BCUT2D eigenvalue weighted by molar-refractivity contribution is 0.197. The summed E-state index contributed by atoms with van der Waals surface area (Å²) in [5.74, 6) is 1.73. The Balaban J connectivity index is 0.00000363. The van der Waals surface area contributed by atoms with Crippen LogP contribution in [0.15, 0.2) is 46.0 Å². The summed E-state index contributed by atoms with van der Waals surface area (Å²) in [6.07, 6.45) is 4.49. The normalized spacial score (nSPS) is 15.3. The summed E-state index contributed by atoms with van der Waals surface area (Å²) in [5, 5.41) is 6.94. The van der Waals surface area contributed by atoms with E-state index in [1.54, 1.807) is 25.5 Å². The van der Waals surface area contributed by atoms with Gasteiger partial charge < -0.3 is 24.5 Å². The molecule has 0 radical (unpaired) electrons. The largest absolute Gasteiger partial charge is 0.494 e. The smallest absolute Gasteiger partial charge is 0.191 e. The molecule has 2 N–H and O–H groups in total. The van der Waals surface area contributed by atoms with Crippen molar-refractivity contribution in [3.63, 3.8) is 0 Å². The summed E-state index contributed by atoms with van der Waals surface area (Å²) in [7, 11) is 3.16. The van der Waals surface area contributed by atoms with Crippen LogP contribution in [-0.4, -0.2) is 63.9 Å². The van der Waals surface area contributed by atoms with Gasteiger partial charge in [0, 0.05) is 45.8 Å². The van der Waals surface area contributed by atoms with Gasteiger partial charge in [-0.2, -0.15) is 0 Å². The molecule has 7 nitrogen and oxygen atoms in total. The quantitative estimate of drug-likeness (QED) is 0.201. The molecule has 1 aromatic heterocycles. The van der Waals surface area contributed by atoms with Crippen LogP contribution in [0.2, 0.25) is 0 Å². The average molecular weight is 560 g/mol. The molecule has 0 unspecified atom stereocenters. The Labute approximate surface area is 206 Å². The number of halogens is 2. The van der Waals surface area contributed by atoms with Crippen LogP contribution in [0.5, 0.6) is 5.75 Å². The molecule has 0 amide bonds. The number of nitrogens with zero attached hydrogens (tertiary/aromatic N) is 2. The van der Waals surface area contributed by atoms with E-state index >= 15 is 0 Å². The number of benzene rings is 1. The Morgan fingerprint density at radius 2 is 2.06 bits per heavy atom. The molecule has 2 heterocycles. The van der Waals surface area contributed by atoms with Crippen molar-refractivity contribution in [3.8, 4) is 5.75 Å². The van der Waals surface area contributed by atoms with E-state index in [2.05, 4.69) is 20.5 Å². The van der Waals surface area contributed by atoms with Gasteiger partial charge in [0.15, 0.2) is 17.5 Å². The van der Waals surface area contributed by atoms with Gasteiger partial charge in [0.25, 0.3) is 0 Å². The Kier molecular flexibility index (Phi) is 11.8. The van der Waals surface area contributed by atoms with Gasteiger partial charge in [-0.25, -0.2) is 4.39 Å². The summed E-state index contributed by atoms with van der Waals surface area (Å²) in [4.78, 5) is 6.96. The molecule has 3 rings (SSSR count). The van der Waals surface area contributed by atoms with Gasteiger partial charge in [-0.3, -0.25) is 9.89 Å². The van der Waals surface area contributed by atoms with E-state index in [9.17, 15) is 4.39 Å². The summed E-state index contributed by atoms with van der Waals surface area (Å²) >= 11 is 0. The maximum atomic E-state index is 13.9. The van der Waals surface area contributed by atoms with Crippen molar-refractivity contribution in [2.75, 3.05) is 47.0 Å². The molecule has 32 heavy (non-hydrogen) atoms. The van der Waals surface area contributed by atoms with Crippen LogP contribution in [-0.2, 0) is 17.7 Å². The minimum Gasteiger partial charge on any atom is -0.494 e. The minimum atomic E-state index is -0.311. The molecule has 9 heteroatoms. The number of nitrogens with one attached hydrogen (secondary N) is 2. The lowest BCUT2D eigenvalue weighted by Gasteiger charge is -2.33. The van der Waals surface area contributed by atoms with Gasteiger partial charge in [0.05, 0.1) is 26.5 Å². The zero-order valence-corrected chi connectivity index (χ0v) is 21.1. The van der Waals surface area contributed by atoms with E-state index in [0.29, 0.717) is 19.2 Å². The molecule has 0 atom stereocenters. The number of hydrogen-bond acceptors (Lipinski definition) is 5. The third-order valence-corrected chi connectivity index (χ3v) is 5.36. The molecular weight excluding hydrogens is 526 g/mol. The fraction of sp³-hybridized carbons (Fsp3) is 0.522. The topological polar surface area (TPSA) is 71.3 Å². The average Bonchev–Trinajstić information content (AvgIpc) is 3.29. The van der Waals surface area contributed by atoms with E-state index < -0.39 is 0 Å². The summed E-state index contributed by atoms with van der Waals surface area (Å²) in [5.41, 5.74) is 0.964. The molecule has 0 saturated carbocycles. The highest BCUT2D eigenvalue weighted by molar-refractivity contribution is 14.0. The van der Waals surface area contributed by atoms with E-state index in [-0.39, 0.29) is 35.5 Å². The Hall–Kier alpha value is -1.85. The first-order valence-corrected chi connectivity index (χ1v) is 10.8. The fourth-order valence-corrected chi connectivity index (χ4v) is 3.66. The number of ether oxygens (including phenoxy) is 2. The van der Waals surface area contributed by atoms with Crippen molar-refractivity contribution in [1.82, 2.24) is 15.5 Å². The summed E-state index contributed by atoms with van der Waals surface area (Å²) in [6.45, 7) is 4.57. The second-order valence-corrected chi connectivity index (χ2v) is 7.64. The standard InChI is InChI=1S/C23H33FN4O3.HI/c1-29-15-11-26-23(25-10-7-20-4-3-14-31-20)27-19-8-12-28(13-9-19)17-18-5-6-22(30-2)21(24)16-18;/h3-6,14,16,19H,7-13,15,17H2,1-2H3,(H2,25,26,27);1H. The van der Waals surface area contributed by atoms with Crippen LogP contribution in [0.4, 0.5) is 4.39 Å². The zero-order chi connectivity index (χ0) is 21.9. The Morgan fingerprint density at radius 3 is 2.72 bits per heavy atom. The van der Waals surface area contributed by atoms with Crippen LogP contribution in [0.3, 0.4) is 0 Å². The number of aliphatic imine (C=N–C) groups is 1. The first kappa shape index (κ1) is 26.4. The molecule has 1 saturated heterocycles. The number of rotatable bonds is 10. The highest BCUT2D eigenvalue weighted by Gasteiger charge is 2.20. The van der Waals surface area contributed by atoms with Crippen molar-refractivity contribution in [1.29, 1.82) is 0 Å². The molecule has 1 aromatic carbocycles. The van der Waals surface area contributed by atoms with Gasteiger partial charge in [0.1, 0.15) is 5.76 Å². The first-order chi connectivity index (χ1) is 15.2. The van der Waals surface area contributed by atoms with E-state index in [4.69, 9.17) is 13.9 Å². The fourth-order valence-electron chi connectivity index (χ4n) is 3.66. The lowest BCUT2D eigenvalue weighted by Crippen LogP contribution is -2.49. The molecule has 0 aliphatic carbocycles. The van der Waals surface area contributed by atoms with Crippen LogP contribution < -0.4 is 15.4 Å². The summed E-state index contributed by atoms with van der Waals surface area (Å²) in [6, 6.07) is 9.40. The highest BCUT2D eigenvalue weighted by Crippen LogP contribution is 2.20. The number of guanidine groups is 1. The van der Waals surface area contributed by atoms with E-state index in [1.807, 2.05) is 18.2 Å². The zero-order valence-electron chi connectivity index (χ0n) is 18.8. The third kappa shape index (κ3) is 8.59. The Morgan fingerprint density at radius 1 is 1.25 bits per heavy atom. The number of likely N-dealkylation sites (tertiary alicyclic amines) is 1. The predicted molar refractivity (Wildman–Crippen MR) is 134 cm³/mol. The maximum Gasteiger partial charge on any atom is 0.191 e. The van der Waals surface area contributed by atoms with Crippen LogP contribution >= 0.6 is 24.0 Å². The number of methoxy groups -OCH3 is 2. The lowest BCUT2D eigenvalue weighted by atomic mass is 10.0. The van der Waals surface area contributed by atoms with E-state index in [1.165, 1.54) is 7.11 Å². The van der Waals surface area contributed by atoms with Crippen molar-refractivity contribution in [2.24, 2.45) is 4.99 Å². The molecule has 0 bridgehead atoms. The van der Waals surface area contributed by atoms with Crippen LogP contribution in [0, 0.1) is 5.82 Å². The number of hydrogen-bond donors (Lipinski definition) is 2. The summed E-state index contributed by atoms with van der Waals surface area (Å²) < 4.78 is 29.4. The van der Waals surface area contributed by atoms with Crippen molar-refractivity contribution in [3.05, 3.63) is 53.7 Å². The molecule has 178 valence electrons. The SMILES string of the molecule is COCCN=C(NCCc1ccco1)NC1CCN(Cc2ccc(OC)c(F)c2)CC1.I. The number of furan rings is 1. The van der Waals surface area contributed by atoms with Gasteiger partial charge in [0.2, 0.25) is 0 Å². The minimum absolute atomic E-state index is 0. The predicted octanol–water partition coefficient (Wildman–Crippen LogP) is 3.43. The monoisotopic (exact) mass is 560 g/mol.